The first kappa shape index (κ1) is 14.1. The Balaban J connectivity index is 1.59. The Labute approximate surface area is 131 Å². The van der Waals surface area contributed by atoms with Crippen LogP contribution < -0.4 is 5.32 Å². The molecule has 0 bridgehead atoms. The molecule has 5 heteroatoms. The Morgan fingerprint density at radius 2 is 1.90 bits per heavy atom. The van der Waals surface area contributed by atoms with Crippen molar-refractivity contribution < 1.29 is 9.59 Å². The molecule has 108 valence electrons. The maximum absolute atomic E-state index is 12.0. The van der Waals surface area contributed by atoms with E-state index in [0.29, 0.717) is 5.56 Å². The standard InChI is InChI=1S/C16H15BrN2O2/c17-13-3-5-14(6-4-13)18-15(20)10-19-8-7-12(9-19)16(21)11-1-2-11/h3-9,11H,1-2,10H2,(H,18,20). The molecule has 1 saturated carbocycles. The van der Waals surface area contributed by atoms with E-state index >= 15 is 0 Å². The molecule has 1 aliphatic carbocycles. The molecule has 1 N–H and O–H groups in total. The lowest BCUT2D eigenvalue weighted by Gasteiger charge is -2.06. The second kappa shape index (κ2) is 5.85. The molecule has 1 aliphatic rings. The van der Waals surface area contributed by atoms with Crippen LogP contribution in [0.5, 0.6) is 0 Å². The number of carbonyl (C=O) groups is 2. The van der Waals surface area contributed by atoms with Gasteiger partial charge in [0.05, 0.1) is 0 Å². The summed E-state index contributed by atoms with van der Waals surface area (Å²) in [6.07, 6.45) is 5.51. The van der Waals surface area contributed by atoms with Crippen LogP contribution in [-0.2, 0) is 11.3 Å². The van der Waals surface area contributed by atoms with Gasteiger partial charge in [-0.25, -0.2) is 0 Å². The topological polar surface area (TPSA) is 51.1 Å². The maximum atomic E-state index is 12.0. The van der Waals surface area contributed by atoms with Crippen LogP contribution in [0.15, 0.2) is 47.2 Å². The summed E-state index contributed by atoms with van der Waals surface area (Å²) in [4.78, 5) is 23.9. The van der Waals surface area contributed by atoms with Crippen LogP contribution in [0.1, 0.15) is 23.2 Å². The van der Waals surface area contributed by atoms with Gasteiger partial charge < -0.3 is 9.88 Å². The summed E-state index contributed by atoms with van der Waals surface area (Å²) in [5, 5.41) is 2.83. The van der Waals surface area contributed by atoms with Crippen molar-refractivity contribution >= 4 is 33.3 Å². The molecule has 0 spiro atoms. The zero-order chi connectivity index (χ0) is 14.8. The molecule has 1 aromatic carbocycles. The summed E-state index contributed by atoms with van der Waals surface area (Å²) in [7, 11) is 0. The van der Waals surface area contributed by atoms with E-state index in [1.165, 1.54) is 0 Å². The van der Waals surface area contributed by atoms with Crippen LogP contribution in [-0.4, -0.2) is 16.3 Å². The van der Waals surface area contributed by atoms with Gasteiger partial charge in [-0.2, -0.15) is 0 Å². The van der Waals surface area contributed by atoms with Crippen LogP contribution in [0.25, 0.3) is 0 Å². The van der Waals surface area contributed by atoms with Crippen molar-refractivity contribution in [2.45, 2.75) is 19.4 Å². The SMILES string of the molecule is O=C(Cn1ccc(C(=O)C2CC2)c1)Nc1ccc(Br)cc1. The fraction of sp³-hybridized carbons (Fsp3) is 0.250. The molecule has 1 heterocycles. The molecule has 4 nitrogen and oxygen atoms in total. The van der Waals surface area contributed by atoms with E-state index in [1.807, 2.05) is 24.3 Å². The summed E-state index contributed by atoms with van der Waals surface area (Å²) in [6, 6.07) is 9.20. The highest BCUT2D eigenvalue weighted by atomic mass is 79.9. The molecule has 1 fully saturated rings. The number of carbonyl (C=O) groups excluding carboxylic acids is 2. The molecule has 0 saturated heterocycles. The second-order valence-electron chi connectivity index (χ2n) is 5.27. The van der Waals surface area contributed by atoms with Crippen molar-refractivity contribution in [1.82, 2.24) is 4.57 Å². The van der Waals surface area contributed by atoms with Crippen molar-refractivity contribution in [3.05, 3.63) is 52.8 Å². The van der Waals surface area contributed by atoms with Gasteiger partial charge in [0.15, 0.2) is 5.78 Å². The van der Waals surface area contributed by atoms with Crippen molar-refractivity contribution in [2.75, 3.05) is 5.32 Å². The van der Waals surface area contributed by atoms with Gasteiger partial charge in [0, 0.05) is 34.0 Å². The lowest BCUT2D eigenvalue weighted by atomic mass is 10.1. The number of Topliss-reactive ketones (excluding diaryl/α,β-unsaturated/α-hetero) is 1. The monoisotopic (exact) mass is 346 g/mol. The predicted molar refractivity (Wildman–Crippen MR) is 84.3 cm³/mol. The van der Waals surface area contributed by atoms with Crippen LogP contribution in [0.4, 0.5) is 5.69 Å². The van der Waals surface area contributed by atoms with Gasteiger partial charge in [0.2, 0.25) is 5.91 Å². The highest BCUT2D eigenvalue weighted by Crippen LogP contribution is 2.32. The van der Waals surface area contributed by atoms with E-state index in [2.05, 4.69) is 21.2 Å². The molecule has 0 unspecified atom stereocenters. The van der Waals surface area contributed by atoms with Gasteiger partial charge in [-0.3, -0.25) is 9.59 Å². The Morgan fingerprint density at radius 3 is 2.57 bits per heavy atom. The number of benzene rings is 1. The summed E-state index contributed by atoms with van der Waals surface area (Å²) >= 11 is 3.35. The van der Waals surface area contributed by atoms with Crippen molar-refractivity contribution in [3.8, 4) is 0 Å². The van der Waals surface area contributed by atoms with Crippen molar-refractivity contribution in [1.29, 1.82) is 0 Å². The smallest absolute Gasteiger partial charge is 0.244 e. The Bertz CT molecular complexity index is 672. The number of nitrogens with zero attached hydrogens (tertiary/aromatic N) is 1. The molecule has 21 heavy (non-hydrogen) atoms. The van der Waals surface area contributed by atoms with E-state index in [0.717, 1.165) is 23.0 Å². The van der Waals surface area contributed by atoms with Gasteiger partial charge in [-0.05, 0) is 43.2 Å². The third-order valence-corrected chi connectivity index (χ3v) is 3.97. The van der Waals surface area contributed by atoms with Gasteiger partial charge in [-0.1, -0.05) is 15.9 Å². The molecule has 1 aromatic heterocycles. The highest BCUT2D eigenvalue weighted by molar-refractivity contribution is 9.10. The quantitative estimate of drug-likeness (QED) is 0.842. The number of anilines is 1. The Morgan fingerprint density at radius 1 is 1.19 bits per heavy atom. The van der Waals surface area contributed by atoms with Gasteiger partial charge >= 0.3 is 0 Å². The van der Waals surface area contributed by atoms with Crippen molar-refractivity contribution in [2.24, 2.45) is 5.92 Å². The van der Waals surface area contributed by atoms with Crippen LogP contribution in [0, 0.1) is 5.92 Å². The van der Waals surface area contributed by atoms with E-state index in [4.69, 9.17) is 0 Å². The zero-order valence-electron chi connectivity index (χ0n) is 11.4. The summed E-state index contributed by atoms with van der Waals surface area (Å²) < 4.78 is 2.71. The summed E-state index contributed by atoms with van der Waals surface area (Å²) in [5.74, 6) is 0.290. The van der Waals surface area contributed by atoms with Gasteiger partial charge in [-0.15, -0.1) is 0 Å². The first-order chi connectivity index (χ1) is 10.1. The van der Waals surface area contributed by atoms with E-state index in [-0.39, 0.29) is 24.2 Å². The normalized spacial score (nSPS) is 14.0. The minimum absolute atomic E-state index is 0.113. The number of nitrogens with one attached hydrogen (secondary N) is 1. The molecule has 3 rings (SSSR count). The third-order valence-electron chi connectivity index (χ3n) is 3.44. The average molecular weight is 347 g/mol. The van der Waals surface area contributed by atoms with E-state index < -0.39 is 0 Å². The van der Waals surface area contributed by atoms with Crippen LogP contribution in [0.3, 0.4) is 0 Å². The first-order valence-electron chi connectivity index (χ1n) is 6.87. The zero-order valence-corrected chi connectivity index (χ0v) is 13.0. The number of hydrogen-bond acceptors (Lipinski definition) is 2. The Kier molecular flexibility index (Phi) is 3.92. The minimum atomic E-state index is -0.113. The number of hydrogen-bond donors (Lipinski definition) is 1. The molecule has 0 atom stereocenters. The number of amides is 1. The number of halogens is 1. The van der Waals surface area contributed by atoms with Crippen LogP contribution in [0.2, 0.25) is 0 Å². The Hall–Kier alpha value is -1.88. The lowest BCUT2D eigenvalue weighted by Crippen LogP contribution is -2.17. The van der Waals surface area contributed by atoms with Crippen LogP contribution >= 0.6 is 15.9 Å². The average Bonchev–Trinajstić information content (AvgIpc) is 3.21. The van der Waals surface area contributed by atoms with Gasteiger partial charge in [0.25, 0.3) is 0 Å². The second-order valence-corrected chi connectivity index (χ2v) is 6.18. The third kappa shape index (κ3) is 3.61. The molecule has 0 radical (unpaired) electrons. The molecule has 1 amide bonds. The predicted octanol–water partition coefficient (Wildman–Crippen LogP) is 3.48. The number of rotatable bonds is 5. The fourth-order valence-corrected chi connectivity index (χ4v) is 2.43. The fourth-order valence-electron chi connectivity index (χ4n) is 2.17. The first-order valence-corrected chi connectivity index (χ1v) is 7.66. The maximum Gasteiger partial charge on any atom is 0.244 e. The molecule has 2 aromatic rings. The van der Waals surface area contributed by atoms with E-state index in [1.54, 1.807) is 23.0 Å². The molecular weight excluding hydrogens is 332 g/mol. The molecular formula is C16H15BrN2O2. The summed E-state index contributed by atoms with van der Waals surface area (Å²) in [6.45, 7) is 0.202. The summed E-state index contributed by atoms with van der Waals surface area (Å²) in [5.41, 5.74) is 1.46. The minimum Gasteiger partial charge on any atom is -0.344 e. The number of ketones is 1. The highest BCUT2D eigenvalue weighted by Gasteiger charge is 2.30. The van der Waals surface area contributed by atoms with Gasteiger partial charge in [0.1, 0.15) is 6.54 Å². The van der Waals surface area contributed by atoms with E-state index in [9.17, 15) is 9.59 Å². The number of aromatic nitrogens is 1. The largest absolute Gasteiger partial charge is 0.344 e. The van der Waals surface area contributed by atoms with Crippen molar-refractivity contribution in [3.63, 3.8) is 0 Å². The molecule has 0 aliphatic heterocycles. The lowest BCUT2D eigenvalue weighted by molar-refractivity contribution is -0.116.